The molecule has 0 radical (unpaired) electrons. The maximum atomic E-state index is 13.4. The molecule has 0 bridgehead atoms. The fraction of sp³-hybridized carbons (Fsp3) is 0.179. The Labute approximate surface area is 203 Å². The highest BCUT2D eigenvalue weighted by Gasteiger charge is 2.21. The van der Waals surface area contributed by atoms with E-state index in [9.17, 15) is 9.59 Å². The van der Waals surface area contributed by atoms with Crippen molar-refractivity contribution in [3.05, 3.63) is 102 Å². The molecule has 3 heterocycles. The normalized spacial score (nSPS) is 13.3. The summed E-state index contributed by atoms with van der Waals surface area (Å²) in [7, 11) is 0. The smallest absolute Gasteiger partial charge is 0.274 e. The number of piperidine rings is 1. The third-order valence-corrected chi connectivity index (χ3v) is 5.97. The summed E-state index contributed by atoms with van der Waals surface area (Å²) >= 11 is 0. The van der Waals surface area contributed by atoms with Gasteiger partial charge in [-0.05, 0) is 43.5 Å². The molecule has 1 N–H and O–H groups in total. The second-order valence-electron chi connectivity index (χ2n) is 8.39. The molecule has 174 valence electrons. The zero-order chi connectivity index (χ0) is 24.0. The average Bonchev–Trinajstić information content (AvgIpc) is 2.94. The van der Waals surface area contributed by atoms with Gasteiger partial charge in [-0.1, -0.05) is 48.5 Å². The van der Waals surface area contributed by atoms with E-state index in [1.807, 2.05) is 30.3 Å². The highest BCUT2D eigenvalue weighted by molar-refractivity contribution is 6.14. The number of amides is 1. The average molecular weight is 464 g/mol. The molecular weight excluding hydrogens is 438 g/mol. The lowest BCUT2D eigenvalue weighted by atomic mass is 10.1. The number of nitrogens with zero attached hydrogens (tertiary/aromatic N) is 4. The lowest BCUT2D eigenvalue weighted by Crippen LogP contribution is -2.31. The Morgan fingerprint density at radius 1 is 0.771 bits per heavy atom. The number of para-hydroxylation sites is 1. The summed E-state index contributed by atoms with van der Waals surface area (Å²) in [5.41, 5.74) is 2.18. The second-order valence-corrected chi connectivity index (χ2v) is 8.39. The fourth-order valence-electron chi connectivity index (χ4n) is 4.16. The molecule has 0 aliphatic carbocycles. The Morgan fingerprint density at radius 3 is 2.29 bits per heavy atom. The molecule has 2 aromatic heterocycles. The first-order valence-electron chi connectivity index (χ1n) is 11.7. The van der Waals surface area contributed by atoms with Gasteiger partial charge < -0.3 is 10.2 Å². The molecule has 7 heteroatoms. The van der Waals surface area contributed by atoms with Gasteiger partial charge in [0.2, 0.25) is 5.78 Å². The van der Waals surface area contributed by atoms with Crippen molar-refractivity contribution in [1.29, 1.82) is 0 Å². The van der Waals surface area contributed by atoms with Gasteiger partial charge in [0.1, 0.15) is 17.2 Å². The number of hydrogen-bond donors (Lipinski definition) is 1. The number of ketones is 1. The number of aromatic nitrogens is 3. The van der Waals surface area contributed by atoms with Crippen LogP contribution in [0.15, 0.2) is 85.1 Å². The predicted octanol–water partition coefficient (Wildman–Crippen LogP) is 5.01. The van der Waals surface area contributed by atoms with Crippen molar-refractivity contribution in [2.75, 3.05) is 23.3 Å². The van der Waals surface area contributed by atoms with E-state index in [0.29, 0.717) is 22.8 Å². The zero-order valence-electron chi connectivity index (χ0n) is 19.2. The van der Waals surface area contributed by atoms with Gasteiger partial charge in [0.15, 0.2) is 5.82 Å². The van der Waals surface area contributed by atoms with Crippen molar-refractivity contribution in [2.24, 2.45) is 0 Å². The second kappa shape index (κ2) is 10.3. The molecule has 1 aliphatic heterocycles. The number of benzene rings is 2. The molecule has 1 fully saturated rings. The molecule has 1 aliphatic rings. The fourth-order valence-corrected chi connectivity index (χ4v) is 4.16. The van der Waals surface area contributed by atoms with Crippen molar-refractivity contribution in [2.45, 2.75) is 19.3 Å². The largest absolute Gasteiger partial charge is 0.356 e. The summed E-state index contributed by atoms with van der Waals surface area (Å²) in [6.07, 6.45) is 4.95. The third-order valence-electron chi connectivity index (χ3n) is 5.97. The maximum Gasteiger partial charge on any atom is 0.274 e. The van der Waals surface area contributed by atoms with E-state index in [1.165, 1.54) is 6.42 Å². The standard InChI is InChI=1S/C28H25N5O2/c34-26(23-15-7-8-16-29-23)21-13-5-6-14-22(21)31-28(35)24-19-25(33-17-9-2-10-18-33)32-27(30-24)20-11-3-1-4-12-20/h1,3-8,11-16,19H,2,9-10,17-18H2,(H,31,35). The Morgan fingerprint density at radius 2 is 1.51 bits per heavy atom. The van der Waals surface area contributed by atoms with Gasteiger partial charge >= 0.3 is 0 Å². The Balaban J connectivity index is 1.48. The first-order chi connectivity index (χ1) is 17.2. The molecule has 2 aromatic carbocycles. The minimum Gasteiger partial charge on any atom is -0.356 e. The Bertz CT molecular complexity index is 1340. The molecule has 7 nitrogen and oxygen atoms in total. The van der Waals surface area contributed by atoms with Gasteiger partial charge in [-0.15, -0.1) is 0 Å². The van der Waals surface area contributed by atoms with Crippen LogP contribution in [-0.2, 0) is 0 Å². The van der Waals surface area contributed by atoms with E-state index in [2.05, 4.69) is 20.2 Å². The topological polar surface area (TPSA) is 88.1 Å². The molecule has 1 amide bonds. The number of nitrogens with one attached hydrogen (secondary N) is 1. The molecule has 5 rings (SSSR count). The summed E-state index contributed by atoms with van der Waals surface area (Å²) in [6.45, 7) is 1.79. The van der Waals surface area contributed by atoms with E-state index < -0.39 is 5.91 Å². The van der Waals surface area contributed by atoms with E-state index in [4.69, 9.17) is 4.98 Å². The number of pyridine rings is 1. The van der Waals surface area contributed by atoms with Gasteiger partial charge in [-0.2, -0.15) is 0 Å². The van der Waals surface area contributed by atoms with Gasteiger partial charge in [-0.25, -0.2) is 9.97 Å². The Hall–Kier alpha value is -4.39. The minimum atomic E-state index is -0.399. The number of anilines is 2. The summed E-state index contributed by atoms with van der Waals surface area (Å²) in [5, 5.41) is 2.89. The highest BCUT2D eigenvalue weighted by atomic mass is 16.2. The van der Waals surface area contributed by atoms with Crippen LogP contribution in [0.5, 0.6) is 0 Å². The van der Waals surface area contributed by atoms with Crippen LogP contribution in [0.2, 0.25) is 0 Å². The van der Waals surface area contributed by atoms with Crippen LogP contribution in [0.1, 0.15) is 45.8 Å². The molecule has 1 saturated heterocycles. The van der Waals surface area contributed by atoms with E-state index in [-0.39, 0.29) is 11.5 Å². The first kappa shape index (κ1) is 22.4. The van der Waals surface area contributed by atoms with Crippen molar-refractivity contribution in [1.82, 2.24) is 15.0 Å². The van der Waals surface area contributed by atoms with E-state index in [1.54, 1.807) is 54.7 Å². The highest BCUT2D eigenvalue weighted by Crippen LogP contribution is 2.24. The van der Waals surface area contributed by atoms with Crippen LogP contribution >= 0.6 is 0 Å². The molecule has 4 aromatic rings. The monoisotopic (exact) mass is 463 g/mol. The third kappa shape index (κ3) is 5.09. The number of hydrogen-bond acceptors (Lipinski definition) is 6. The van der Waals surface area contributed by atoms with Crippen LogP contribution in [0.3, 0.4) is 0 Å². The van der Waals surface area contributed by atoms with Crippen LogP contribution in [0, 0.1) is 0 Å². The Kier molecular flexibility index (Phi) is 6.57. The lowest BCUT2D eigenvalue weighted by Gasteiger charge is -2.28. The predicted molar refractivity (Wildman–Crippen MR) is 136 cm³/mol. The van der Waals surface area contributed by atoms with Crippen molar-refractivity contribution < 1.29 is 9.59 Å². The summed E-state index contributed by atoms with van der Waals surface area (Å²) in [4.78, 5) is 42.1. The van der Waals surface area contributed by atoms with Crippen LogP contribution in [-0.4, -0.2) is 39.7 Å². The maximum absolute atomic E-state index is 13.4. The summed E-state index contributed by atoms with van der Waals surface area (Å²) in [5.74, 6) is 0.575. The SMILES string of the molecule is O=C(Nc1ccccc1C(=O)c1ccccn1)c1cc(N2CCCCC2)nc(-c2ccccc2)n1. The van der Waals surface area contributed by atoms with E-state index in [0.717, 1.165) is 37.3 Å². The van der Waals surface area contributed by atoms with Crippen molar-refractivity contribution in [3.8, 4) is 11.4 Å². The number of carbonyl (C=O) groups is 2. The van der Waals surface area contributed by atoms with Crippen LogP contribution in [0.4, 0.5) is 11.5 Å². The minimum absolute atomic E-state index is 0.250. The van der Waals surface area contributed by atoms with Crippen LogP contribution in [0.25, 0.3) is 11.4 Å². The molecule has 0 unspecified atom stereocenters. The number of rotatable bonds is 6. The zero-order valence-corrected chi connectivity index (χ0v) is 19.2. The molecule has 35 heavy (non-hydrogen) atoms. The summed E-state index contributed by atoms with van der Waals surface area (Å²) in [6, 6.07) is 23.5. The first-order valence-corrected chi connectivity index (χ1v) is 11.7. The molecular formula is C28H25N5O2. The van der Waals surface area contributed by atoms with Crippen LogP contribution < -0.4 is 10.2 Å². The quantitative estimate of drug-likeness (QED) is 0.404. The van der Waals surface area contributed by atoms with Gasteiger partial charge in [0.05, 0.1) is 5.69 Å². The molecule has 0 atom stereocenters. The van der Waals surface area contributed by atoms with Crippen molar-refractivity contribution >= 4 is 23.2 Å². The van der Waals surface area contributed by atoms with Gasteiger partial charge in [-0.3, -0.25) is 14.6 Å². The molecule has 0 spiro atoms. The van der Waals surface area contributed by atoms with Gasteiger partial charge in [0.25, 0.3) is 5.91 Å². The van der Waals surface area contributed by atoms with Crippen molar-refractivity contribution in [3.63, 3.8) is 0 Å². The van der Waals surface area contributed by atoms with Gasteiger partial charge in [0, 0.05) is 36.5 Å². The van der Waals surface area contributed by atoms with E-state index >= 15 is 0 Å². The lowest BCUT2D eigenvalue weighted by molar-refractivity contribution is 0.102. The molecule has 0 saturated carbocycles. The summed E-state index contributed by atoms with van der Waals surface area (Å²) < 4.78 is 0. The number of carbonyl (C=O) groups excluding carboxylic acids is 2.